The van der Waals surface area contributed by atoms with Gasteiger partial charge in [0.15, 0.2) is 11.6 Å². The summed E-state index contributed by atoms with van der Waals surface area (Å²) in [5.41, 5.74) is 1.11. The minimum absolute atomic E-state index is 0.0888. The highest BCUT2D eigenvalue weighted by Gasteiger charge is 2.41. The molecule has 2 aliphatic heterocycles. The van der Waals surface area contributed by atoms with E-state index in [1.54, 1.807) is 0 Å². The molecule has 0 radical (unpaired) electrons. The molecule has 0 spiro atoms. The van der Waals surface area contributed by atoms with Crippen molar-refractivity contribution >= 4 is 16.1 Å². The highest BCUT2D eigenvalue weighted by molar-refractivity contribution is 7.90. The average molecular weight is 486 g/mol. The standard InChI is InChI=1S/C20H21F3N4O5S/c21-14-5-16(23)15(22)4-13(14)19-17(24-20(28)29)3-11(9-32-19)26-6-10-7-27(25-18(10)8-26)33(30,31)12-1-2-12/h4-5,7,11-12,17,19,24H,1-3,6,8-9H2,(H,28,29)/t11-,17+,19-/m1/s1. The van der Waals surface area contributed by atoms with E-state index in [1.807, 2.05) is 4.90 Å². The summed E-state index contributed by atoms with van der Waals surface area (Å²) in [6.07, 6.45) is 0.513. The fourth-order valence-electron chi connectivity index (χ4n) is 4.49. The number of hydrogen-bond donors (Lipinski definition) is 2. The number of amides is 1. The molecule has 1 saturated heterocycles. The van der Waals surface area contributed by atoms with Crippen molar-refractivity contribution in [2.45, 2.75) is 55.8 Å². The summed E-state index contributed by atoms with van der Waals surface area (Å²) >= 11 is 0. The lowest BCUT2D eigenvalue weighted by atomic mass is 9.92. The second kappa shape index (κ2) is 7.99. The number of hydrogen-bond acceptors (Lipinski definition) is 6. The van der Waals surface area contributed by atoms with Crippen molar-refractivity contribution in [1.82, 2.24) is 19.4 Å². The lowest BCUT2D eigenvalue weighted by molar-refractivity contribution is -0.0602. The monoisotopic (exact) mass is 486 g/mol. The summed E-state index contributed by atoms with van der Waals surface area (Å²) in [5, 5.41) is 15.4. The maximum absolute atomic E-state index is 14.3. The second-order valence-electron chi connectivity index (χ2n) is 8.61. The van der Waals surface area contributed by atoms with E-state index in [2.05, 4.69) is 10.4 Å². The van der Waals surface area contributed by atoms with Crippen LogP contribution in [-0.2, 0) is 27.8 Å². The van der Waals surface area contributed by atoms with Gasteiger partial charge in [0.25, 0.3) is 10.0 Å². The number of carbonyl (C=O) groups is 1. The zero-order valence-corrected chi connectivity index (χ0v) is 18.1. The Labute approximate surface area is 187 Å². The Bertz CT molecular complexity index is 1190. The molecule has 2 fully saturated rings. The van der Waals surface area contributed by atoms with Crippen LogP contribution in [0, 0.1) is 17.5 Å². The van der Waals surface area contributed by atoms with E-state index in [0.29, 0.717) is 43.8 Å². The van der Waals surface area contributed by atoms with Crippen molar-refractivity contribution in [1.29, 1.82) is 0 Å². The Morgan fingerprint density at radius 2 is 1.88 bits per heavy atom. The van der Waals surface area contributed by atoms with Gasteiger partial charge < -0.3 is 15.2 Å². The third kappa shape index (κ3) is 4.08. The van der Waals surface area contributed by atoms with Gasteiger partial charge in [-0.15, -0.1) is 0 Å². The van der Waals surface area contributed by atoms with Crippen LogP contribution in [-0.4, -0.2) is 57.6 Å². The highest BCUT2D eigenvalue weighted by atomic mass is 32.2. The molecule has 0 unspecified atom stereocenters. The van der Waals surface area contributed by atoms with Gasteiger partial charge in [-0.2, -0.15) is 9.19 Å². The summed E-state index contributed by atoms with van der Waals surface area (Å²) in [6.45, 7) is 0.833. The Balaban J connectivity index is 1.32. The van der Waals surface area contributed by atoms with Gasteiger partial charge in [0.05, 0.1) is 23.6 Å². The first-order valence-electron chi connectivity index (χ1n) is 10.4. The predicted octanol–water partition coefficient (Wildman–Crippen LogP) is 2.12. The van der Waals surface area contributed by atoms with Crippen LogP contribution in [0.4, 0.5) is 18.0 Å². The number of fused-ring (bicyclic) bond motifs is 1. The fraction of sp³-hybridized carbons (Fsp3) is 0.500. The Kier molecular flexibility index (Phi) is 5.37. The van der Waals surface area contributed by atoms with Gasteiger partial charge in [-0.25, -0.2) is 26.4 Å². The number of nitrogens with one attached hydrogen (secondary N) is 1. The van der Waals surface area contributed by atoms with Crippen LogP contribution in [0.25, 0.3) is 0 Å². The van der Waals surface area contributed by atoms with Gasteiger partial charge in [0, 0.05) is 42.5 Å². The topological polar surface area (TPSA) is 114 Å². The van der Waals surface area contributed by atoms with Crippen LogP contribution in [0.1, 0.15) is 42.2 Å². The average Bonchev–Trinajstić information content (AvgIpc) is 3.41. The van der Waals surface area contributed by atoms with Crippen LogP contribution >= 0.6 is 0 Å². The summed E-state index contributed by atoms with van der Waals surface area (Å²) in [5.74, 6) is -3.63. The number of nitrogens with zero attached hydrogens (tertiary/aromatic N) is 3. The molecule has 1 aromatic heterocycles. The number of halogens is 3. The summed E-state index contributed by atoms with van der Waals surface area (Å²) in [6, 6.07) is -0.107. The van der Waals surface area contributed by atoms with Crippen molar-refractivity contribution in [2.24, 2.45) is 0 Å². The molecule has 0 bridgehead atoms. The minimum atomic E-state index is -3.46. The zero-order valence-electron chi connectivity index (χ0n) is 17.2. The van der Waals surface area contributed by atoms with Crippen LogP contribution in [0.2, 0.25) is 0 Å². The number of rotatable bonds is 5. The quantitative estimate of drug-likeness (QED) is 0.623. The Morgan fingerprint density at radius 1 is 1.15 bits per heavy atom. The van der Waals surface area contributed by atoms with Crippen LogP contribution in [0.3, 0.4) is 0 Å². The first-order chi connectivity index (χ1) is 15.6. The third-order valence-electron chi connectivity index (χ3n) is 6.32. The number of benzene rings is 1. The Hall–Kier alpha value is -2.64. The van der Waals surface area contributed by atoms with Crippen LogP contribution < -0.4 is 5.32 Å². The molecule has 1 aromatic carbocycles. The molecule has 1 amide bonds. The van der Waals surface area contributed by atoms with Crippen molar-refractivity contribution in [3.63, 3.8) is 0 Å². The molecule has 1 aliphatic carbocycles. The molecule has 2 aromatic rings. The van der Waals surface area contributed by atoms with Gasteiger partial charge in [-0.3, -0.25) is 4.90 Å². The molecular weight excluding hydrogens is 465 g/mol. The van der Waals surface area contributed by atoms with E-state index in [-0.39, 0.29) is 29.9 Å². The molecule has 3 heterocycles. The van der Waals surface area contributed by atoms with E-state index in [9.17, 15) is 31.5 Å². The van der Waals surface area contributed by atoms with Gasteiger partial charge in [-0.1, -0.05) is 0 Å². The molecule has 1 saturated carbocycles. The van der Waals surface area contributed by atoms with Gasteiger partial charge in [0.2, 0.25) is 0 Å². The normalized spacial score (nSPS) is 25.7. The fourth-order valence-corrected chi connectivity index (χ4v) is 6.01. The lowest BCUT2D eigenvalue weighted by Crippen LogP contribution is -2.51. The van der Waals surface area contributed by atoms with Gasteiger partial charge >= 0.3 is 6.09 Å². The molecule has 9 nitrogen and oxygen atoms in total. The van der Waals surface area contributed by atoms with Crippen LogP contribution in [0.15, 0.2) is 18.3 Å². The Morgan fingerprint density at radius 3 is 2.55 bits per heavy atom. The molecule has 33 heavy (non-hydrogen) atoms. The first-order valence-corrected chi connectivity index (χ1v) is 11.9. The van der Waals surface area contributed by atoms with Crippen molar-refractivity contribution in [3.05, 3.63) is 52.6 Å². The van der Waals surface area contributed by atoms with Crippen molar-refractivity contribution in [2.75, 3.05) is 6.61 Å². The maximum atomic E-state index is 14.3. The molecule has 3 atom stereocenters. The highest BCUT2D eigenvalue weighted by Crippen LogP contribution is 2.36. The number of ether oxygens (including phenoxy) is 1. The molecule has 3 aliphatic rings. The largest absolute Gasteiger partial charge is 0.465 e. The number of aromatic nitrogens is 2. The molecule has 2 N–H and O–H groups in total. The predicted molar refractivity (Wildman–Crippen MR) is 107 cm³/mol. The van der Waals surface area contributed by atoms with Gasteiger partial charge in [-0.05, 0) is 25.3 Å². The number of carboxylic acid groups (broad SMARTS) is 1. The van der Waals surface area contributed by atoms with E-state index < -0.39 is 45.7 Å². The van der Waals surface area contributed by atoms with Crippen LogP contribution in [0.5, 0.6) is 0 Å². The van der Waals surface area contributed by atoms with E-state index in [1.165, 1.54) is 6.20 Å². The van der Waals surface area contributed by atoms with E-state index >= 15 is 0 Å². The molecule has 5 rings (SSSR count). The third-order valence-corrected chi connectivity index (χ3v) is 8.34. The smallest absolute Gasteiger partial charge is 0.404 e. The summed E-state index contributed by atoms with van der Waals surface area (Å²) in [4.78, 5) is 13.3. The molecule has 13 heteroatoms. The van der Waals surface area contributed by atoms with Gasteiger partial charge in [0.1, 0.15) is 11.9 Å². The summed E-state index contributed by atoms with van der Waals surface area (Å²) in [7, 11) is -3.46. The lowest BCUT2D eigenvalue weighted by Gasteiger charge is -2.40. The SMILES string of the molecule is O=C(O)N[C@H]1C[C@@H](N2Cc3cn(S(=O)(=O)C4CC4)nc3C2)CO[C@@H]1c1cc(F)c(F)cc1F. The zero-order chi connectivity index (χ0) is 23.5. The van der Waals surface area contributed by atoms with Crippen molar-refractivity contribution in [3.8, 4) is 0 Å². The first kappa shape index (κ1) is 22.2. The maximum Gasteiger partial charge on any atom is 0.404 e. The van der Waals surface area contributed by atoms with Crippen molar-refractivity contribution < 1.29 is 36.2 Å². The summed E-state index contributed by atoms with van der Waals surface area (Å²) < 4.78 is 73.0. The second-order valence-corrected chi connectivity index (χ2v) is 10.7. The minimum Gasteiger partial charge on any atom is -0.465 e. The molecule has 178 valence electrons. The molecular formula is C20H21F3N4O5S. The van der Waals surface area contributed by atoms with E-state index in [0.717, 1.165) is 9.65 Å². The van der Waals surface area contributed by atoms with E-state index in [4.69, 9.17) is 4.74 Å².